The van der Waals surface area contributed by atoms with Gasteiger partial charge in [0.2, 0.25) is 10.0 Å². The van der Waals surface area contributed by atoms with Crippen molar-refractivity contribution in [1.29, 1.82) is 0 Å². The Morgan fingerprint density at radius 1 is 1.10 bits per heavy atom. The lowest BCUT2D eigenvalue weighted by atomic mass is 10.2. The molecular weight excluding hydrogens is 417 g/mol. The van der Waals surface area contributed by atoms with Crippen LogP contribution in [-0.2, 0) is 10.0 Å². The Balaban J connectivity index is 1.44. The highest BCUT2D eigenvalue weighted by Crippen LogP contribution is 2.26. The third-order valence-electron chi connectivity index (χ3n) is 4.92. The maximum Gasteiger partial charge on any atom is 0.244 e. The summed E-state index contributed by atoms with van der Waals surface area (Å²) in [5.41, 5.74) is 1.02. The smallest absolute Gasteiger partial charge is 0.244 e. The van der Waals surface area contributed by atoms with Crippen LogP contribution in [0.1, 0.15) is 6.42 Å². The van der Waals surface area contributed by atoms with Gasteiger partial charge in [0.1, 0.15) is 16.5 Å². The van der Waals surface area contributed by atoms with Gasteiger partial charge < -0.3 is 9.64 Å². The van der Waals surface area contributed by atoms with E-state index in [1.165, 1.54) is 31.4 Å². The van der Waals surface area contributed by atoms with Gasteiger partial charge in [-0.15, -0.1) is 0 Å². The van der Waals surface area contributed by atoms with Gasteiger partial charge in [0.05, 0.1) is 7.11 Å². The Morgan fingerprint density at radius 3 is 2.45 bits per heavy atom. The zero-order chi connectivity index (χ0) is 20.9. The van der Waals surface area contributed by atoms with Crippen LogP contribution in [0.2, 0.25) is 5.02 Å². The van der Waals surface area contributed by atoms with Gasteiger partial charge >= 0.3 is 0 Å². The fraction of sp³-hybridized carbons (Fsp3) is 0.400. The molecule has 3 rings (SSSR count). The summed E-state index contributed by atoms with van der Waals surface area (Å²) in [4.78, 5) is 4.57. The number of piperazine rings is 1. The summed E-state index contributed by atoms with van der Waals surface area (Å²) in [6, 6.07) is 11.1. The van der Waals surface area contributed by atoms with Gasteiger partial charge in [0.25, 0.3) is 0 Å². The van der Waals surface area contributed by atoms with E-state index in [0.29, 0.717) is 18.0 Å². The minimum Gasteiger partial charge on any atom is -0.495 e. The molecule has 0 aliphatic carbocycles. The van der Waals surface area contributed by atoms with E-state index in [1.807, 2.05) is 0 Å². The van der Waals surface area contributed by atoms with Crippen LogP contribution in [0.5, 0.6) is 5.75 Å². The van der Waals surface area contributed by atoms with Crippen molar-refractivity contribution < 1.29 is 17.5 Å². The second kappa shape index (κ2) is 9.75. The highest BCUT2D eigenvalue weighted by Gasteiger charge is 2.20. The van der Waals surface area contributed by atoms with E-state index in [-0.39, 0.29) is 16.5 Å². The normalized spacial score (nSPS) is 15.5. The number of ether oxygens (including phenoxy) is 1. The predicted molar refractivity (Wildman–Crippen MR) is 113 cm³/mol. The SMILES string of the molecule is COc1ccc(Cl)cc1S(=O)(=O)NCCCN1CCN(c2ccc(F)cc2)CC1. The van der Waals surface area contributed by atoms with Gasteiger partial charge in [-0.05, 0) is 55.4 Å². The van der Waals surface area contributed by atoms with Gasteiger partial charge in [-0.3, -0.25) is 4.90 Å². The number of benzene rings is 2. The van der Waals surface area contributed by atoms with Crippen molar-refractivity contribution in [3.63, 3.8) is 0 Å². The lowest BCUT2D eigenvalue weighted by Gasteiger charge is -2.36. The zero-order valence-electron chi connectivity index (χ0n) is 16.3. The second-order valence-electron chi connectivity index (χ2n) is 6.85. The topological polar surface area (TPSA) is 61.9 Å². The van der Waals surface area contributed by atoms with Crippen LogP contribution < -0.4 is 14.4 Å². The third kappa shape index (κ3) is 5.82. The largest absolute Gasteiger partial charge is 0.495 e. The fourth-order valence-corrected chi connectivity index (χ4v) is 4.83. The summed E-state index contributed by atoms with van der Waals surface area (Å²) in [7, 11) is -2.27. The van der Waals surface area contributed by atoms with Crippen LogP contribution >= 0.6 is 11.6 Å². The number of nitrogens with zero attached hydrogens (tertiary/aromatic N) is 2. The number of hydrogen-bond acceptors (Lipinski definition) is 5. The molecule has 29 heavy (non-hydrogen) atoms. The number of halogens is 2. The molecule has 1 saturated heterocycles. The summed E-state index contributed by atoms with van der Waals surface area (Å²) < 4.78 is 45.9. The molecule has 0 saturated carbocycles. The van der Waals surface area contributed by atoms with Crippen LogP contribution in [0.25, 0.3) is 0 Å². The van der Waals surface area contributed by atoms with Crippen LogP contribution in [-0.4, -0.2) is 59.7 Å². The molecule has 1 heterocycles. The van der Waals surface area contributed by atoms with E-state index in [9.17, 15) is 12.8 Å². The number of rotatable bonds is 8. The van der Waals surface area contributed by atoms with Gasteiger partial charge in [-0.2, -0.15) is 0 Å². The van der Waals surface area contributed by atoms with Crippen molar-refractivity contribution in [2.24, 2.45) is 0 Å². The third-order valence-corrected chi connectivity index (χ3v) is 6.64. The average molecular weight is 442 g/mol. The van der Waals surface area contributed by atoms with Crippen LogP contribution in [0, 0.1) is 5.82 Å². The van der Waals surface area contributed by atoms with Gasteiger partial charge in [0.15, 0.2) is 0 Å². The van der Waals surface area contributed by atoms with Crippen LogP contribution in [0.3, 0.4) is 0 Å². The molecule has 9 heteroatoms. The Labute approximate surface area is 176 Å². The Kier molecular flexibility index (Phi) is 7.34. The molecule has 0 aromatic heterocycles. The molecule has 0 bridgehead atoms. The maximum atomic E-state index is 13.1. The molecule has 1 fully saturated rings. The maximum absolute atomic E-state index is 13.1. The average Bonchev–Trinajstić information content (AvgIpc) is 2.72. The molecule has 0 atom stereocenters. The molecule has 158 valence electrons. The molecule has 6 nitrogen and oxygen atoms in total. The minimum absolute atomic E-state index is 0.0420. The number of methoxy groups -OCH3 is 1. The lowest BCUT2D eigenvalue weighted by molar-refractivity contribution is 0.255. The Hall–Kier alpha value is -1.87. The first-order chi connectivity index (χ1) is 13.9. The first-order valence-corrected chi connectivity index (χ1v) is 11.3. The van der Waals surface area contributed by atoms with E-state index in [1.54, 1.807) is 18.2 Å². The second-order valence-corrected chi connectivity index (χ2v) is 9.02. The molecule has 1 aliphatic heterocycles. The van der Waals surface area contributed by atoms with Crippen LogP contribution in [0.15, 0.2) is 47.4 Å². The van der Waals surface area contributed by atoms with Crippen molar-refractivity contribution >= 4 is 27.3 Å². The summed E-state index contributed by atoms with van der Waals surface area (Å²) in [6.45, 7) is 4.61. The number of sulfonamides is 1. The highest BCUT2D eigenvalue weighted by molar-refractivity contribution is 7.89. The summed E-state index contributed by atoms with van der Waals surface area (Å²) in [5, 5.41) is 0.338. The zero-order valence-corrected chi connectivity index (χ0v) is 17.8. The predicted octanol–water partition coefficient (Wildman–Crippen LogP) is 2.98. The molecule has 2 aromatic carbocycles. The van der Waals surface area contributed by atoms with Crippen molar-refractivity contribution in [1.82, 2.24) is 9.62 Å². The quantitative estimate of drug-likeness (QED) is 0.638. The molecule has 0 spiro atoms. The number of nitrogens with one attached hydrogen (secondary N) is 1. The van der Waals surface area contributed by atoms with E-state index in [2.05, 4.69) is 14.5 Å². The van der Waals surface area contributed by atoms with Crippen molar-refractivity contribution in [2.75, 3.05) is 51.3 Å². The standard InChI is InChI=1S/C20H25ClFN3O3S/c1-28-19-8-3-16(21)15-20(19)29(26,27)23-9-2-10-24-11-13-25(14-12-24)18-6-4-17(22)5-7-18/h3-8,15,23H,2,9-14H2,1H3. The molecule has 0 unspecified atom stereocenters. The van der Waals surface area contributed by atoms with Crippen molar-refractivity contribution in [3.8, 4) is 5.75 Å². The highest BCUT2D eigenvalue weighted by atomic mass is 35.5. The summed E-state index contributed by atoms with van der Waals surface area (Å²) >= 11 is 5.93. The molecule has 0 radical (unpaired) electrons. The van der Waals surface area contributed by atoms with Gasteiger partial charge in [-0.25, -0.2) is 17.5 Å². The monoisotopic (exact) mass is 441 g/mol. The summed E-state index contributed by atoms with van der Waals surface area (Å²) in [6.07, 6.45) is 0.693. The molecular formula is C20H25ClFN3O3S. The van der Waals surface area contributed by atoms with Crippen LogP contribution in [0.4, 0.5) is 10.1 Å². The van der Waals surface area contributed by atoms with E-state index >= 15 is 0 Å². The molecule has 1 aliphatic rings. The van der Waals surface area contributed by atoms with Gasteiger partial charge in [0, 0.05) is 43.4 Å². The summed E-state index contributed by atoms with van der Waals surface area (Å²) in [5.74, 6) is 0.0315. The molecule has 0 amide bonds. The molecule has 1 N–H and O–H groups in total. The first-order valence-electron chi connectivity index (χ1n) is 9.45. The van der Waals surface area contributed by atoms with Gasteiger partial charge in [-0.1, -0.05) is 11.6 Å². The van der Waals surface area contributed by atoms with Crippen molar-refractivity contribution in [2.45, 2.75) is 11.3 Å². The molecule has 2 aromatic rings. The minimum atomic E-state index is -3.69. The van der Waals surface area contributed by atoms with E-state index < -0.39 is 10.0 Å². The van der Waals surface area contributed by atoms with Crippen molar-refractivity contribution in [3.05, 3.63) is 53.3 Å². The Morgan fingerprint density at radius 2 is 1.79 bits per heavy atom. The number of anilines is 1. The van der Waals surface area contributed by atoms with E-state index in [4.69, 9.17) is 16.3 Å². The first kappa shape index (κ1) is 21.8. The number of hydrogen-bond donors (Lipinski definition) is 1. The fourth-order valence-electron chi connectivity index (χ4n) is 3.33. The van der Waals surface area contributed by atoms with E-state index in [0.717, 1.165) is 38.4 Å². The lowest BCUT2D eigenvalue weighted by Crippen LogP contribution is -2.47. The Bertz CT molecular complexity index is 917.